The average Bonchev–Trinajstić information content (AvgIpc) is 3.03. The van der Waals surface area contributed by atoms with Crippen molar-refractivity contribution in [1.29, 1.82) is 0 Å². The lowest BCUT2D eigenvalue weighted by atomic mass is 10.0. The van der Waals surface area contributed by atoms with E-state index in [-0.39, 0.29) is 17.8 Å². The molecule has 1 atom stereocenters. The van der Waals surface area contributed by atoms with Crippen LogP contribution in [0.4, 0.5) is 11.4 Å². The number of hydrogen-bond donors (Lipinski definition) is 1. The number of nitro groups is 1. The number of rotatable bonds is 6. The largest absolute Gasteiger partial charge is 0.464 e. The highest BCUT2D eigenvalue weighted by Gasteiger charge is 2.22. The third kappa shape index (κ3) is 4.43. The van der Waals surface area contributed by atoms with E-state index in [0.29, 0.717) is 11.1 Å². The Hall–Kier alpha value is -3.68. The van der Waals surface area contributed by atoms with Gasteiger partial charge in [-0.3, -0.25) is 19.7 Å². The van der Waals surface area contributed by atoms with Crippen molar-refractivity contribution in [3.05, 3.63) is 69.5 Å². The summed E-state index contributed by atoms with van der Waals surface area (Å²) in [7, 11) is 0. The fourth-order valence-electron chi connectivity index (χ4n) is 2.89. The van der Waals surface area contributed by atoms with Crippen LogP contribution in [0.2, 0.25) is 0 Å². The van der Waals surface area contributed by atoms with Gasteiger partial charge < -0.3 is 14.5 Å². The summed E-state index contributed by atoms with van der Waals surface area (Å²) in [4.78, 5) is 35.0. The first-order valence-corrected chi connectivity index (χ1v) is 8.97. The summed E-state index contributed by atoms with van der Waals surface area (Å²) in [6, 6.07) is 9.60. The number of nitro benzene ring substituents is 1. The van der Waals surface area contributed by atoms with Gasteiger partial charge in [-0.05, 0) is 50.1 Å². The number of aryl methyl sites for hydroxylation is 2. The number of para-hydroxylation sites is 2. The van der Waals surface area contributed by atoms with Gasteiger partial charge in [-0.1, -0.05) is 12.1 Å². The summed E-state index contributed by atoms with van der Waals surface area (Å²) in [6.45, 7) is 5.35. The van der Waals surface area contributed by atoms with Gasteiger partial charge in [0.15, 0.2) is 6.10 Å². The molecule has 8 nitrogen and oxygen atoms in total. The second kappa shape index (κ2) is 8.14. The van der Waals surface area contributed by atoms with E-state index in [9.17, 15) is 19.7 Å². The van der Waals surface area contributed by atoms with Crippen LogP contribution in [-0.4, -0.2) is 22.9 Å². The molecule has 0 spiro atoms. The maximum absolute atomic E-state index is 12.3. The van der Waals surface area contributed by atoms with Crippen LogP contribution < -0.4 is 5.32 Å². The third-order valence-electron chi connectivity index (χ3n) is 4.64. The van der Waals surface area contributed by atoms with E-state index in [2.05, 4.69) is 5.32 Å². The highest BCUT2D eigenvalue weighted by Crippen LogP contribution is 2.26. The lowest BCUT2D eigenvalue weighted by Crippen LogP contribution is -2.30. The molecule has 29 heavy (non-hydrogen) atoms. The Morgan fingerprint density at radius 2 is 1.90 bits per heavy atom. The first-order chi connectivity index (χ1) is 13.8. The zero-order chi connectivity index (χ0) is 21.1. The quantitative estimate of drug-likeness (QED) is 0.382. The molecule has 0 radical (unpaired) electrons. The molecule has 3 aromatic rings. The number of anilines is 1. The smallest absolute Gasteiger partial charge is 0.311 e. The zero-order valence-corrected chi connectivity index (χ0v) is 16.2. The standard InChI is InChI=1S/C21H20N2O6/c1-12-8-16-15(11-28-19(16)9-13(12)2)10-20(24)29-14(3)21(25)22-17-6-4-5-7-18(17)23(26)27/h4-9,11,14H,10H2,1-3H3,(H,22,25)/t14-/m0/s1. The summed E-state index contributed by atoms with van der Waals surface area (Å²) < 4.78 is 10.7. The highest BCUT2D eigenvalue weighted by atomic mass is 16.6. The van der Waals surface area contributed by atoms with Crippen molar-refractivity contribution in [3.8, 4) is 0 Å². The molecule has 0 fully saturated rings. The van der Waals surface area contributed by atoms with E-state index in [1.165, 1.54) is 31.4 Å². The van der Waals surface area contributed by atoms with E-state index in [1.54, 1.807) is 6.07 Å². The van der Waals surface area contributed by atoms with Crippen LogP contribution in [0.5, 0.6) is 0 Å². The summed E-state index contributed by atoms with van der Waals surface area (Å²) in [5, 5.41) is 14.3. The zero-order valence-electron chi connectivity index (χ0n) is 16.2. The fourth-order valence-corrected chi connectivity index (χ4v) is 2.89. The van der Waals surface area contributed by atoms with Gasteiger partial charge in [-0.25, -0.2) is 0 Å². The van der Waals surface area contributed by atoms with Crippen molar-refractivity contribution in [2.75, 3.05) is 5.32 Å². The van der Waals surface area contributed by atoms with Gasteiger partial charge in [-0.2, -0.15) is 0 Å². The molecule has 1 heterocycles. The third-order valence-corrected chi connectivity index (χ3v) is 4.64. The molecule has 0 saturated heterocycles. The van der Waals surface area contributed by atoms with Crippen LogP contribution >= 0.6 is 0 Å². The van der Waals surface area contributed by atoms with E-state index in [4.69, 9.17) is 9.15 Å². The van der Waals surface area contributed by atoms with Gasteiger partial charge in [0.2, 0.25) is 0 Å². The molecule has 0 aliphatic carbocycles. The fraction of sp³-hybridized carbons (Fsp3) is 0.238. The number of fused-ring (bicyclic) bond motifs is 1. The summed E-state index contributed by atoms with van der Waals surface area (Å²) >= 11 is 0. The van der Waals surface area contributed by atoms with Crippen molar-refractivity contribution in [1.82, 2.24) is 0 Å². The number of carbonyl (C=O) groups is 2. The maximum atomic E-state index is 12.3. The number of hydrogen-bond acceptors (Lipinski definition) is 6. The molecular formula is C21H20N2O6. The molecule has 1 amide bonds. The van der Waals surface area contributed by atoms with Crippen LogP contribution in [0.1, 0.15) is 23.6 Å². The normalized spacial score (nSPS) is 11.8. The minimum absolute atomic E-state index is 0.0390. The summed E-state index contributed by atoms with van der Waals surface area (Å²) in [5.74, 6) is -1.26. The Kier molecular flexibility index (Phi) is 5.63. The van der Waals surface area contributed by atoms with E-state index >= 15 is 0 Å². The molecule has 0 aliphatic rings. The van der Waals surface area contributed by atoms with Crippen LogP contribution in [0.15, 0.2) is 47.1 Å². The number of ether oxygens (including phenoxy) is 1. The van der Waals surface area contributed by atoms with Crippen molar-refractivity contribution in [2.45, 2.75) is 33.3 Å². The van der Waals surface area contributed by atoms with Crippen molar-refractivity contribution < 1.29 is 23.7 Å². The van der Waals surface area contributed by atoms with Crippen molar-refractivity contribution in [3.63, 3.8) is 0 Å². The predicted octanol–water partition coefficient (Wildman–Crippen LogP) is 4.07. The molecule has 0 bridgehead atoms. The number of esters is 1. The molecule has 0 aliphatic heterocycles. The molecule has 8 heteroatoms. The maximum Gasteiger partial charge on any atom is 0.311 e. The first kappa shape index (κ1) is 20.1. The number of carbonyl (C=O) groups excluding carboxylic acids is 2. The van der Waals surface area contributed by atoms with Crippen molar-refractivity contribution in [2.24, 2.45) is 0 Å². The summed E-state index contributed by atoms with van der Waals surface area (Å²) in [5.41, 5.74) is 3.30. The Labute approximate surface area is 166 Å². The second-order valence-electron chi connectivity index (χ2n) is 6.77. The molecule has 2 aromatic carbocycles. The average molecular weight is 396 g/mol. The van der Waals surface area contributed by atoms with Gasteiger partial charge in [0.25, 0.3) is 11.6 Å². The number of amides is 1. The number of benzene rings is 2. The second-order valence-corrected chi connectivity index (χ2v) is 6.77. The van der Waals surface area contributed by atoms with Crippen LogP contribution in [0, 0.1) is 24.0 Å². The predicted molar refractivity (Wildman–Crippen MR) is 107 cm³/mol. The minimum Gasteiger partial charge on any atom is -0.464 e. The minimum atomic E-state index is -1.12. The van der Waals surface area contributed by atoms with Gasteiger partial charge in [0.1, 0.15) is 11.3 Å². The van der Waals surface area contributed by atoms with Gasteiger partial charge in [0.05, 0.1) is 17.6 Å². The van der Waals surface area contributed by atoms with Gasteiger partial charge in [0, 0.05) is 17.0 Å². The van der Waals surface area contributed by atoms with Crippen LogP contribution in [0.3, 0.4) is 0 Å². The summed E-state index contributed by atoms with van der Waals surface area (Å²) in [6.07, 6.45) is 0.325. The van der Waals surface area contributed by atoms with E-state index < -0.39 is 22.9 Å². The lowest BCUT2D eigenvalue weighted by Gasteiger charge is -2.13. The number of nitrogens with zero attached hydrogens (tertiary/aromatic N) is 1. The SMILES string of the molecule is Cc1cc2occ(CC(=O)O[C@@H](C)C(=O)Nc3ccccc3[N+](=O)[O-])c2cc1C. The Bertz CT molecular complexity index is 1100. The molecule has 1 N–H and O–H groups in total. The Morgan fingerprint density at radius 1 is 1.21 bits per heavy atom. The molecule has 0 unspecified atom stereocenters. The van der Waals surface area contributed by atoms with E-state index in [1.807, 2.05) is 26.0 Å². The van der Waals surface area contributed by atoms with Crippen LogP contribution in [-0.2, 0) is 20.7 Å². The molecule has 0 saturated carbocycles. The highest BCUT2D eigenvalue weighted by molar-refractivity contribution is 5.97. The monoisotopic (exact) mass is 396 g/mol. The molecular weight excluding hydrogens is 376 g/mol. The first-order valence-electron chi connectivity index (χ1n) is 8.97. The molecule has 150 valence electrons. The lowest BCUT2D eigenvalue weighted by molar-refractivity contribution is -0.383. The molecule has 1 aromatic heterocycles. The van der Waals surface area contributed by atoms with E-state index in [0.717, 1.165) is 16.5 Å². The number of furan rings is 1. The van der Waals surface area contributed by atoms with Crippen LogP contribution in [0.25, 0.3) is 11.0 Å². The van der Waals surface area contributed by atoms with Crippen molar-refractivity contribution >= 4 is 34.2 Å². The Morgan fingerprint density at radius 3 is 2.62 bits per heavy atom. The van der Waals surface area contributed by atoms with Gasteiger partial charge in [-0.15, -0.1) is 0 Å². The topological polar surface area (TPSA) is 112 Å². The van der Waals surface area contributed by atoms with Gasteiger partial charge >= 0.3 is 5.97 Å². The molecule has 3 rings (SSSR count). The number of nitrogens with one attached hydrogen (secondary N) is 1. The Balaban J connectivity index is 1.66.